The van der Waals surface area contributed by atoms with Gasteiger partial charge in [-0.3, -0.25) is 19.1 Å². The van der Waals surface area contributed by atoms with Crippen molar-refractivity contribution in [3.8, 4) is 0 Å². The molecule has 1 aromatic heterocycles. The Balaban J connectivity index is 2.53. The molecule has 8 nitrogen and oxygen atoms in total. The zero-order valence-electron chi connectivity index (χ0n) is 11.6. The molecule has 0 aromatic carbocycles. The van der Waals surface area contributed by atoms with E-state index in [9.17, 15) is 14.4 Å². The number of carbonyl (C=O) groups excluding carboxylic acids is 2. The fourth-order valence-corrected chi connectivity index (χ4v) is 1.58. The molecule has 2 amide bonds. The standard InChI is InChI=1S/C12H18N4O4/c1-8(12(19)20)14-10(17)7-15(3)11(18)9(2)16-6-4-5-13-16/h4-6,8-9H,7H2,1-3H3,(H,14,17)(H,19,20)/t8-,9?/m1/s1. The zero-order chi connectivity index (χ0) is 15.3. The van der Waals surface area contributed by atoms with Crippen LogP contribution in [0.1, 0.15) is 19.9 Å². The highest BCUT2D eigenvalue weighted by atomic mass is 16.4. The van der Waals surface area contributed by atoms with E-state index in [2.05, 4.69) is 10.4 Å². The van der Waals surface area contributed by atoms with Gasteiger partial charge in [0, 0.05) is 19.4 Å². The number of carbonyl (C=O) groups is 3. The molecule has 0 aliphatic carbocycles. The van der Waals surface area contributed by atoms with Crippen molar-refractivity contribution >= 4 is 17.8 Å². The molecule has 0 saturated heterocycles. The molecular formula is C12H18N4O4. The van der Waals surface area contributed by atoms with Crippen LogP contribution in [0.25, 0.3) is 0 Å². The van der Waals surface area contributed by atoms with Crippen molar-refractivity contribution in [3.05, 3.63) is 18.5 Å². The van der Waals surface area contributed by atoms with Gasteiger partial charge in [0.05, 0.1) is 6.54 Å². The molecule has 1 aromatic rings. The minimum atomic E-state index is -1.13. The molecule has 2 N–H and O–H groups in total. The van der Waals surface area contributed by atoms with E-state index < -0.39 is 24.0 Å². The normalized spacial score (nSPS) is 13.3. The second-order valence-electron chi connectivity index (χ2n) is 4.48. The monoisotopic (exact) mass is 282 g/mol. The number of nitrogens with zero attached hydrogens (tertiary/aromatic N) is 3. The Bertz CT molecular complexity index is 486. The van der Waals surface area contributed by atoms with Crippen LogP contribution in [0.5, 0.6) is 0 Å². The van der Waals surface area contributed by atoms with E-state index in [-0.39, 0.29) is 12.5 Å². The molecule has 1 unspecified atom stereocenters. The van der Waals surface area contributed by atoms with Gasteiger partial charge >= 0.3 is 5.97 Å². The summed E-state index contributed by atoms with van der Waals surface area (Å²) in [6, 6.07) is 0.180. The van der Waals surface area contributed by atoms with Crippen LogP contribution >= 0.6 is 0 Å². The topological polar surface area (TPSA) is 105 Å². The molecule has 0 bridgehead atoms. The van der Waals surface area contributed by atoms with Gasteiger partial charge in [-0.25, -0.2) is 0 Å². The quantitative estimate of drug-likeness (QED) is 0.731. The first kappa shape index (κ1) is 15.7. The fourth-order valence-electron chi connectivity index (χ4n) is 1.58. The van der Waals surface area contributed by atoms with Gasteiger partial charge < -0.3 is 15.3 Å². The highest BCUT2D eigenvalue weighted by molar-refractivity contribution is 5.88. The van der Waals surface area contributed by atoms with Crippen molar-refractivity contribution in [1.29, 1.82) is 0 Å². The summed E-state index contributed by atoms with van der Waals surface area (Å²) in [5.74, 6) is -1.94. The van der Waals surface area contributed by atoms with Gasteiger partial charge in [-0.1, -0.05) is 0 Å². The number of likely N-dealkylation sites (N-methyl/N-ethyl adjacent to an activating group) is 1. The average molecular weight is 282 g/mol. The van der Waals surface area contributed by atoms with Crippen LogP contribution in [0, 0.1) is 0 Å². The molecule has 8 heteroatoms. The van der Waals surface area contributed by atoms with Gasteiger partial charge in [0.25, 0.3) is 0 Å². The zero-order valence-corrected chi connectivity index (χ0v) is 11.6. The van der Waals surface area contributed by atoms with Crippen molar-refractivity contribution < 1.29 is 19.5 Å². The van der Waals surface area contributed by atoms with E-state index >= 15 is 0 Å². The van der Waals surface area contributed by atoms with Crippen molar-refractivity contribution in [2.75, 3.05) is 13.6 Å². The number of nitrogens with one attached hydrogen (secondary N) is 1. The molecule has 1 heterocycles. The lowest BCUT2D eigenvalue weighted by molar-refractivity contribution is -0.142. The molecule has 1 rings (SSSR count). The minimum absolute atomic E-state index is 0.206. The molecule has 110 valence electrons. The number of hydrogen-bond donors (Lipinski definition) is 2. The first-order chi connectivity index (χ1) is 9.32. The highest BCUT2D eigenvalue weighted by Gasteiger charge is 2.22. The predicted molar refractivity (Wildman–Crippen MR) is 69.8 cm³/mol. The maximum Gasteiger partial charge on any atom is 0.325 e. The summed E-state index contributed by atoms with van der Waals surface area (Å²) in [5.41, 5.74) is 0. The second kappa shape index (κ2) is 6.69. The third kappa shape index (κ3) is 4.08. The summed E-state index contributed by atoms with van der Waals surface area (Å²) >= 11 is 0. The van der Waals surface area contributed by atoms with Gasteiger partial charge in [0.15, 0.2) is 0 Å². The lowest BCUT2D eigenvalue weighted by atomic mass is 10.3. The number of rotatable bonds is 6. The summed E-state index contributed by atoms with van der Waals surface area (Å²) < 4.78 is 1.48. The smallest absolute Gasteiger partial charge is 0.325 e. The van der Waals surface area contributed by atoms with Crippen LogP contribution in [0.2, 0.25) is 0 Å². The van der Waals surface area contributed by atoms with Gasteiger partial charge in [-0.05, 0) is 19.9 Å². The third-order valence-electron chi connectivity index (χ3n) is 2.78. The summed E-state index contributed by atoms with van der Waals surface area (Å²) in [6.07, 6.45) is 3.22. The summed E-state index contributed by atoms with van der Waals surface area (Å²) in [4.78, 5) is 35.5. The molecule has 0 fully saturated rings. The summed E-state index contributed by atoms with van der Waals surface area (Å²) in [7, 11) is 1.48. The van der Waals surface area contributed by atoms with Crippen LogP contribution < -0.4 is 5.32 Å². The Morgan fingerprint density at radius 2 is 2.05 bits per heavy atom. The van der Waals surface area contributed by atoms with Crippen LogP contribution in [0.4, 0.5) is 0 Å². The van der Waals surface area contributed by atoms with E-state index in [4.69, 9.17) is 5.11 Å². The second-order valence-corrected chi connectivity index (χ2v) is 4.48. The molecule has 20 heavy (non-hydrogen) atoms. The summed E-state index contributed by atoms with van der Waals surface area (Å²) in [5, 5.41) is 14.9. The first-order valence-corrected chi connectivity index (χ1v) is 6.09. The number of amides is 2. The van der Waals surface area contributed by atoms with Crippen LogP contribution in [0.3, 0.4) is 0 Å². The van der Waals surface area contributed by atoms with Crippen LogP contribution in [0.15, 0.2) is 18.5 Å². The Morgan fingerprint density at radius 1 is 1.40 bits per heavy atom. The summed E-state index contributed by atoms with van der Waals surface area (Å²) in [6.45, 7) is 2.82. The Morgan fingerprint density at radius 3 is 2.55 bits per heavy atom. The lowest BCUT2D eigenvalue weighted by Gasteiger charge is -2.21. The third-order valence-corrected chi connectivity index (χ3v) is 2.78. The predicted octanol–water partition coefficient (Wildman–Crippen LogP) is -0.508. The molecule has 0 aliphatic heterocycles. The molecule has 0 spiro atoms. The number of aliphatic carboxylic acids is 1. The Kier molecular flexibility index (Phi) is 5.24. The van der Waals surface area contributed by atoms with Gasteiger partial charge in [0.1, 0.15) is 12.1 Å². The number of carboxylic acid groups (broad SMARTS) is 1. The lowest BCUT2D eigenvalue weighted by Crippen LogP contribution is -2.45. The SMILES string of the molecule is CC(C(=O)N(C)CC(=O)N[C@H](C)C(=O)O)n1cccn1. The fraction of sp³-hybridized carbons (Fsp3) is 0.500. The van der Waals surface area contributed by atoms with E-state index in [1.165, 1.54) is 23.6 Å². The number of hydrogen-bond acceptors (Lipinski definition) is 4. The molecule has 0 radical (unpaired) electrons. The van der Waals surface area contributed by atoms with E-state index in [1.54, 1.807) is 25.4 Å². The minimum Gasteiger partial charge on any atom is -0.480 e. The molecular weight excluding hydrogens is 264 g/mol. The van der Waals surface area contributed by atoms with Crippen molar-refractivity contribution in [3.63, 3.8) is 0 Å². The van der Waals surface area contributed by atoms with Gasteiger partial charge in [0.2, 0.25) is 11.8 Å². The van der Waals surface area contributed by atoms with Gasteiger partial charge in [-0.2, -0.15) is 5.10 Å². The van der Waals surface area contributed by atoms with E-state index in [0.29, 0.717) is 0 Å². The molecule has 2 atom stereocenters. The number of aromatic nitrogens is 2. The maximum atomic E-state index is 12.1. The molecule has 0 saturated carbocycles. The highest BCUT2D eigenvalue weighted by Crippen LogP contribution is 2.06. The van der Waals surface area contributed by atoms with Crippen LogP contribution in [-0.2, 0) is 14.4 Å². The number of carboxylic acids is 1. The molecule has 0 aliphatic rings. The Hall–Kier alpha value is -2.38. The first-order valence-electron chi connectivity index (χ1n) is 6.09. The van der Waals surface area contributed by atoms with Gasteiger partial charge in [-0.15, -0.1) is 0 Å². The van der Waals surface area contributed by atoms with E-state index in [1.807, 2.05) is 0 Å². The van der Waals surface area contributed by atoms with Crippen LogP contribution in [-0.4, -0.2) is 57.2 Å². The van der Waals surface area contributed by atoms with Crippen molar-refractivity contribution in [2.45, 2.75) is 25.9 Å². The average Bonchev–Trinajstić information content (AvgIpc) is 2.90. The van der Waals surface area contributed by atoms with E-state index in [0.717, 1.165) is 0 Å². The Labute approximate surface area is 116 Å². The van der Waals surface area contributed by atoms with Crippen molar-refractivity contribution in [2.24, 2.45) is 0 Å². The van der Waals surface area contributed by atoms with Crippen molar-refractivity contribution in [1.82, 2.24) is 20.0 Å². The maximum absolute atomic E-state index is 12.1. The largest absolute Gasteiger partial charge is 0.480 e.